The van der Waals surface area contributed by atoms with Gasteiger partial charge in [-0.05, 0) is 88.0 Å². The van der Waals surface area contributed by atoms with E-state index in [4.69, 9.17) is 16.0 Å². The van der Waals surface area contributed by atoms with Crippen LogP contribution in [0.25, 0.3) is 21.3 Å². The number of aryl methyl sites for hydroxylation is 1. The topological polar surface area (TPSA) is 48.8 Å². The van der Waals surface area contributed by atoms with Gasteiger partial charge in [0, 0.05) is 70.2 Å². The number of nitrogens with zero attached hydrogens (tertiary/aromatic N) is 3. The Morgan fingerprint density at radius 2 is 1.88 bits per heavy atom. The Labute approximate surface area is 250 Å². The Morgan fingerprint density at radius 3 is 2.55 bits per heavy atom. The molecule has 8 heteroatoms. The van der Waals surface area contributed by atoms with Gasteiger partial charge in [0.2, 0.25) is 0 Å². The summed E-state index contributed by atoms with van der Waals surface area (Å²) in [6.45, 7) is 21.6. The van der Waals surface area contributed by atoms with Gasteiger partial charge in [0.15, 0.2) is 8.32 Å². The summed E-state index contributed by atoms with van der Waals surface area (Å²) in [5, 5.41) is 10.8. The Hall–Kier alpha value is -1.48. The molecule has 0 bridgehead atoms. The number of anilines is 1. The molecule has 3 aromatic rings. The quantitative estimate of drug-likeness (QED) is 0.290. The molecule has 0 aliphatic carbocycles. The molecule has 0 spiro atoms. The molecule has 2 aliphatic rings. The maximum absolute atomic E-state index is 9.82. The lowest BCUT2D eigenvalue weighted by Gasteiger charge is -2.41. The predicted molar refractivity (Wildman–Crippen MR) is 173 cm³/mol. The number of hydrogen-bond acceptors (Lipinski definition) is 6. The maximum Gasteiger partial charge on any atom is 0.192 e. The number of fused-ring (bicyclic) bond motifs is 2. The fourth-order valence-corrected chi connectivity index (χ4v) is 8.49. The second kappa shape index (κ2) is 11.0. The predicted octanol–water partition coefficient (Wildman–Crippen LogP) is 8.12. The van der Waals surface area contributed by atoms with Gasteiger partial charge in [0.05, 0.1) is 16.8 Å². The number of halogens is 1. The number of likely N-dealkylation sites (tertiary alicyclic amines) is 1. The monoisotopic (exact) mass is 599 g/mol. The molecule has 0 unspecified atom stereocenters. The number of aliphatic hydroxyl groups excluding tert-OH is 1. The van der Waals surface area contributed by atoms with E-state index >= 15 is 0 Å². The summed E-state index contributed by atoms with van der Waals surface area (Å²) in [5.74, 6) is 0. The van der Waals surface area contributed by atoms with Crippen LogP contribution in [0.2, 0.25) is 23.2 Å². The van der Waals surface area contributed by atoms with E-state index in [-0.39, 0.29) is 17.2 Å². The van der Waals surface area contributed by atoms with Crippen molar-refractivity contribution in [3.63, 3.8) is 0 Å². The molecule has 0 radical (unpaired) electrons. The van der Waals surface area contributed by atoms with Crippen molar-refractivity contribution in [2.45, 2.75) is 103 Å². The molecule has 0 amide bonds. The lowest BCUT2D eigenvalue weighted by atomic mass is 9.92. The third kappa shape index (κ3) is 5.75. The molecule has 2 aromatic heterocycles. The molecule has 2 aliphatic heterocycles. The highest BCUT2D eigenvalue weighted by molar-refractivity contribution is 7.19. The molecule has 218 valence electrons. The third-order valence-corrected chi connectivity index (χ3v) is 15.2. The van der Waals surface area contributed by atoms with Gasteiger partial charge in [-0.15, -0.1) is 11.3 Å². The number of aromatic nitrogens is 1. The van der Waals surface area contributed by atoms with Crippen LogP contribution >= 0.6 is 22.9 Å². The molecule has 1 saturated heterocycles. The number of benzene rings is 1. The van der Waals surface area contributed by atoms with E-state index in [1.54, 1.807) is 11.3 Å². The number of pyridine rings is 1. The first-order valence-corrected chi connectivity index (χ1v) is 18.8. The van der Waals surface area contributed by atoms with Crippen molar-refractivity contribution in [3.8, 4) is 11.1 Å². The van der Waals surface area contributed by atoms with Gasteiger partial charge in [-0.1, -0.05) is 32.4 Å². The molecule has 0 saturated carbocycles. The maximum atomic E-state index is 9.82. The average molecular weight is 600 g/mol. The van der Waals surface area contributed by atoms with Gasteiger partial charge in [0.1, 0.15) is 0 Å². The molecular formula is C32H46ClN3O2SSi. The summed E-state index contributed by atoms with van der Waals surface area (Å²) >= 11 is 8.39. The van der Waals surface area contributed by atoms with Gasteiger partial charge in [0.25, 0.3) is 0 Å². The molecule has 1 aromatic carbocycles. The zero-order valence-corrected chi connectivity index (χ0v) is 28.0. The van der Waals surface area contributed by atoms with Gasteiger partial charge in [-0.2, -0.15) is 0 Å². The summed E-state index contributed by atoms with van der Waals surface area (Å²) in [4.78, 5) is 10.9. The number of aliphatic hydroxyl groups is 1. The minimum Gasteiger partial charge on any atom is -0.415 e. The van der Waals surface area contributed by atoms with Crippen molar-refractivity contribution in [2.24, 2.45) is 0 Å². The van der Waals surface area contributed by atoms with Crippen molar-refractivity contribution < 1.29 is 9.53 Å². The van der Waals surface area contributed by atoms with E-state index in [1.807, 2.05) is 12.3 Å². The lowest BCUT2D eigenvalue weighted by Crippen LogP contribution is -2.50. The zero-order valence-electron chi connectivity index (χ0n) is 25.5. The second-order valence-electron chi connectivity index (χ2n) is 14.1. The molecule has 5 nitrogen and oxygen atoms in total. The Kier molecular flexibility index (Phi) is 8.23. The summed E-state index contributed by atoms with van der Waals surface area (Å²) in [6, 6.07) is 9.22. The van der Waals surface area contributed by atoms with Crippen LogP contribution < -0.4 is 4.90 Å². The smallest absolute Gasteiger partial charge is 0.192 e. The highest BCUT2D eigenvalue weighted by Gasteiger charge is 2.44. The molecule has 4 heterocycles. The fourth-order valence-electron chi connectivity index (χ4n) is 6.20. The molecule has 1 N–H and O–H groups in total. The lowest BCUT2D eigenvalue weighted by molar-refractivity contribution is 0.0830. The molecule has 5 rings (SSSR count). The molecule has 2 atom stereocenters. The van der Waals surface area contributed by atoms with E-state index in [2.05, 4.69) is 87.6 Å². The minimum atomic E-state index is -1.84. The normalized spacial score (nSPS) is 20.9. The van der Waals surface area contributed by atoms with Gasteiger partial charge in [-0.3, -0.25) is 9.88 Å². The highest BCUT2D eigenvalue weighted by atomic mass is 35.5. The summed E-state index contributed by atoms with van der Waals surface area (Å²) in [5.41, 5.74) is 6.00. The van der Waals surface area contributed by atoms with E-state index in [0.29, 0.717) is 12.1 Å². The number of rotatable bonds is 6. The van der Waals surface area contributed by atoms with E-state index < -0.39 is 8.32 Å². The van der Waals surface area contributed by atoms with Gasteiger partial charge >= 0.3 is 0 Å². The first-order chi connectivity index (χ1) is 18.7. The van der Waals surface area contributed by atoms with Crippen LogP contribution in [0.3, 0.4) is 0 Å². The Bertz CT molecular complexity index is 1380. The summed E-state index contributed by atoms with van der Waals surface area (Å²) in [6.07, 6.45) is 5.14. The van der Waals surface area contributed by atoms with E-state index in [0.717, 1.165) is 64.6 Å². The average Bonchev–Trinajstić information content (AvgIpc) is 3.50. The first-order valence-electron chi connectivity index (χ1n) is 14.7. The molecular weight excluding hydrogens is 554 g/mol. The SMILES string of the molecule is CC(C)(C)N1C[C@H](N2CCCc3cc(Cl)cc(-c4ccnc5cc(CO)sc45)c32)C[C@H]1CO[Si](C)(C)C(C)(C)C. The van der Waals surface area contributed by atoms with Crippen LogP contribution in [-0.4, -0.2) is 60.6 Å². The third-order valence-electron chi connectivity index (χ3n) is 9.33. The largest absolute Gasteiger partial charge is 0.415 e. The van der Waals surface area contributed by atoms with Crippen LogP contribution in [0.4, 0.5) is 5.69 Å². The highest BCUT2D eigenvalue weighted by Crippen LogP contribution is 2.46. The van der Waals surface area contributed by atoms with Crippen LogP contribution in [0.5, 0.6) is 0 Å². The fraction of sp³-hybridized carbons (Fsp3) is 0.594. The minimum absolute atomic E-state index is 0.0310. The molecule has 1 fully saturated rings. The Morgan fingerprint density at radius 1 is 1.12 bits per heavy atom. The van der Waals surface area contributed by atoms with Crippen molar-refractivity contribution >= 4 is 47.2 Å². The van der Waals surface area contributed by atoms with E-state index in [1.165, 1.54) is 16.8 Å². The number of hydrogen-bond donors (Lipinski definition) is 1. The summed E-state index contributed by atoms with van der Waals surface area (Å²) in [7, 11) is -1.84. The molecule has 40 heavy (non-hydrogen) atoms. The van der Waals surface area contributed by atoms with Crippen molar-refractivity contribution in [2.75, 3.05) is 24.6 Å². The van der Waals surface area contributed by atoms with Crippen LogP contribution in [0, 0.1) is 0 Å². The van der Waals surface area contributed by atoms with Crippen LogP contribution in [0.1, 0.15) is 64.8 Å². The van der Waals surface area contributed by atoms with Gasteiger partial charge in [-0.25, -0.2) is 0 Å². The second-order valence-corrected chi connectivity index (χ2v) is 20.5. The van der Waals surface area contributed by atoms with Gasteiger partial charge < -0.3 is 14.4 Å². The van der Waals surface area contributed by atoms with E-state index in [9.17, 15) is 5.11 Å². The first kappa shape index (κ1) is 30.0. The Balaban J connectivity index is 1.53. The van der Waals surface area contributed by atoms with Crippen molar-refractivity contribution in [1.82, 2.24) is 9.88 Å². The van der Waals surface area contributed by atoms with Crippen molar-refractivity contribution in [1.29, 1.82) is 0 Å². The zero-order chi connectivity index (χ0) is 29.0. The van der Waals surface area contributed by atoms with Crippen LogP contribution in [0.15, 0.2) is 30.5 Å². The van der Waals surface area contributed by atoms with Crippen molar-refractivity contribution in [3.05, 3.63) is 45.9 Å². The standard InChI is InChI=1S/C32H46ClN3O2SSi/c1-31(2,3)36-18-23(16-24(36)20-38-40(7,8)32(4,5)6)35-13-9-10-21-14-22(33)15-27(29(21)35)26-11-12-34-28-17-25(19-37)39-30(26)28/h11-12,14-15,17,23-24,37H,9-10,13,16,18-20H2,1-8H3/t23-,24+/m1/s1. The van der Waals surface area contributed by atoms with Crippen LogP contribution in [-0.2, 0) is 17.5 Å². The summed E-state index contributed by atoms with van der Waals surface area (Å²) < 4.78 is 7.93. The number of thiophene rings is 1.